The van der Waals surface area contributed by atoms with Gasteiger partial charge in [0.2, 0.25) is 12.7 Å². The minimum absolute atomic E-state index is 0.0301. The standard InChI is InChI=1S/C13H18N2O4/c1-2-15-13(16)3-4-17-10-6-12-11(18-8-19-12)5-9(10)7-14/h5-6H,2-4,7-8,14H2,1H3,(H,15,16). The number of amides is 1. The van der Waals surface area contributed by atoms with Gasteiger partial charge in [0.1, 0.15) is 5.75 Å². The first-order valence-electron chi connectivity index (χ1n) is 6.26. The molecule has 2 rings (SSSR count). The van der Waals surface area contributed by atoms with Crippen LogP contribution in [0.5, 0.6) is 17.2 Å². The number of nitrogens with two attached hydrogens (primary N) is 1. The van der Waals surface area contributed by atoms with E-state index in [2.05, 4.69) is 5.32 Å². The molecular formula is C13H18N2O4. The van der Waals surface area contributed by atoms with Gasteiger partial charge in [-0.3, -0.25) is 4.79 Å². The summed E-state index contributed by atoms with van der Waals surface area (Å²) in [6.07, 6.45) is 0.312. The van der Waals surface area contributed by atoms with E-state index in [1.807, 2.05) is 13.0 Å². The molecule has 0 aliphatic carbocycles. The van der Waals surface area contributed by atoms with Crippen molar-refractivity contribution in [1.29, 1.82) is 0 Å². The molecule has 1 heterocycles. The Kier molecular flexibility index (Phi) is 4.46. The first-order chi connectivity index (χ1) is 9.24. The number of rotatable bonds is 6. The van der Waals surface area contributed by atoms with Crippen LogP contribution in [0, 0.1) is 0 Å². The van der Waals surface area contributed by atoms with Crippen molar-refractivity contribution in [1.82, 2.24) is 5.32 Å². The molecule has 0 saturated carbocycles. The van der Waals surface area contributed by atoms with Gasteiger partial charge in [-0.1, -0.05) is 0 Å². The molecule has 1 aliphatic rings. The minimum atomic E-state index is -0.0301. The van der Waals surface area contributed by atoms with Crippen LogP contribution in [0.25, 0.3) is 0 Å². The Morgan fingerprint density at radius 3 is 2.84 bits per heavy atom. The molecule has 0 radical (unpaired) electrons. The van der Waals surface area contributed by atoms with Crippen molar-refractivity contribution in [2.45, 2.75) is 19.9 Å². The fourth-order valence-corrected chi connectivity index (χ4v) is 1.80. The molecule has 6 nitrogen and oxygen atoms in total. The van der Waals surface area contributed by atoms with Crippen LogP contribution in [0.15, 0.2) is 12.1 Å². The van der Waals surface area contributed by atoms with Gasteiger partial charge >= 0.3 is 0 Å². The van der Waals surface area contributed by atoms with E-state index in [1.54, 1.807) is 6.07 Å². The highest BCUT2D eigenvalue weighted by molar-refractivity contribution is 5.75. The van der Waals surface area contributed by atoms with E-state index in [0.717, 1.165) is 5.56 Å². The van der Waals surface area contributed by atoms with Crippen molar-refractivity contribution < 1.29 is 19.0 Å². The molecule has 1 aromatic rings. The molecule has 1 aliphatic heterocycles. The van der Waals surface area contributed by atoms with Crippen molar-refractivity contribution >= 4 is 5.91 Å². The molecule has 0 saturated heterocycles. The summed E-state index contributed by atoms with van der Waals surface area (Å²) in [5, 5.41) is 2.71. The van der Waals surface area contributed by atoms with E-state index in [1.165, 1.54) is 0 Å². The Morgan fingerprint density at radius 1 is 1.42 bits per heavy atom. The molecule has 19 heavy (non-hydrogen) atoms. The van der Waals surface area contributed by atoms with E-state index in [0.29, 0.717) is 43.4 Å². The van der Waals surface area contributed by atoms with Gasteiger partial charge in [0, 0.05) is 24.7 Å². The lowest BCUT2D eigenvalue weighted by Crippen LogP contribution is -2.24. The number of fused-ring (bicyclic) bond motifs is 1. The molecule has 0 atom stereocenters. The fourth-order valence-electron chi connectivity index (χ4n) is 1.80. The monoisotopic (exact) mass is 266 g/mol. The highest BCUT2D eigenvalue weighted by Crippen LogP contribution is 2.38. The second-order valence-electron chi connectivity index (χ2n) is 4.07. The topological polar surface area (TPSA) is 82.8 Å². The van der Waals surface area contributed by atoms with Crippen LogP contribution in [0.2, 0.25) is 0 Å². The average Bonchev–Trinajstić information content (AvgIpc) is 2.85. The number of hydrogen-bond donors (Lipinski definition) is 2. The zero-order chi connectivity index (χ0) is 13.7. The lowest BCUT2D eigenvalue weighted by Gasteiger charge is -2.11. The number of benzene rings is 1. The predicted molar refractivity (Wildman–Crippen MR) is 69.3 cm³/mol. The Labute approximate surface area is 111 Å². The van der Waals surface area contributed by atoms with Gasteiger partial charge in [0.05, 0.1) is 13.0 Å². The van der Waals surface area contributed by atoms with Crippen molar-refractivity contribution in [2.75, 3.05) is 19.9 Å². The van der Waals surface area contributed by atoms with Gasteiger partial charge in [-0.25, -0.2) is 0 Å². The average molecular weight is 266 g/mol. The smallest absolute Gasteiger partial charge is 0.231 e. The van der Waals surface area contributed by atoms with Crippen LogP contribution >= 0.6 is 0 Å². The van der Waals surface area contributed by atoms with Gasteiger partial charge in [0.25, 0.3) is 0 Å². The zero-order valence-electron chi connectivity index (χ0n) is 10.9. The summed E-state index contributed by atoms with van der Waals surface area (Å²) in [5.41, 5.74) is 6.50. The molecule has 0 unspecified atom stereocenters. The number of carbonyl (C=O) groups is 1. The first-order valence-corrected chi connectivity index (χ1v) is 6.26. The van der Waals surface area contributed by atoms with Crippen molar-refractivity contribution in [3.05, 3.63) is 17.7 Å². The van der Waals surface area contributed by atoms with Crippen molar-refractivity contribution in [3.8, 4) is 17.2 Å². The van der Waals surface area contributed by atoms with Crippen molar-refractivity contribution in [2.24, 2.45) is 5.73 Å². The molecule has 1 amide bonds. The maximum Gasteiger partial charge on any atom is 0.231 e. The SMILES string of the molecule is CCNC(=O)CCOc1cc2c(cc1CN)OCO2. The van der Waals surface area contributed by atoms with E-state index in [-0.39, 0.29) is 12.7 Å². The second kappa shape index (κ2) is 6.29. The quantitative estimate of drug-likeness (QED) is 0.795. The highest BCUT2D eigenvalue weighted by Gasteiger charge is 2.17. The van der Waals surface area contributed by atoms with Crippen LogP contribution in [0.4, 0.5) is 0 Å². The third kappa shape index (κ3) is 3.29. The highest BCUT2D eigenvalue weighted by atomic mass is 16.7. The van der Waals surface area contributed by atoms with Crippen LogP contribution in [-0.2, 0) is 11.3 Å². The Balaban J connectivity index is 1.97. The van der Waals surface area contributed by atoms with E-state index in [9.17, 15) is 4.79 Å². The molecule has 0 aromatic heterocycles. The molecule has 1 aromatic carbocycles. The number of nitrogens with one attached hydrogen (secondary N) is 1. The second-order valence-corrected chi connectivity index (χ2v) is 4.07. The summed E-state index contributed by atoms with van der Waals surface area (Å²) in [7, 11) is 0. The lowest BCUT2D eigenvalue weighted by atomic mass is 10.2. The largest absolute Gasteiger partial charge is 0.493 e. The van der Waals surface area contributed by atoms with Gasteiger partial charge < -0.3 is 25.3 Å². The molecule has 0 spiro atoms. The fraction of sp³-hybridized carbons (Fsp3) is 0.462. The summed E-state index contributed by atoms with van der Waals surface area (Å²) in [4.78, 5) is 11.3. The summed E-state index contributed by atoms with van der Waals surface area (Å²) in [6.45, 7) is 3.35. The number of hydrogen-bond acceptors (Lipinski definition) is 5. The van der Waals surface area contributed by atoms with Gasteiger partial charge in [-0.2, -0.15) is 0 Å². The van der Waals surface area contributed by atoms with Crippen LogP contribution in [-0.4, -0.2) is 25.9 Å². The Hall–Kier alpha value is -1.95. The van der Waals surface area contributed by atoms with Crippen LogP contribution in [0.1, 0.15) is 18.9 Å². The first kappa shape index (κ1) is 13.5. The van der Waals surface area contributed by atoms with Gasteiger partial charge in [-0.05, 0) is 13.0 Å². The Morgan fingerprint density at radius 2 is 2.16 bits per heavy atom. The number of ether oxygens (including phenoxy) is 3. The number of carbonyl (C=O) groups excluding carboxylic acids is 1. The lowest BCUT2D eigenvalue weighted by molar-refractivity contribution is -0.121. The predicted octanol–water partition coefficient (Wildman–Crippen LogP) is 0.779. The maximum atomic E-state index is 11.3. The maximum absolute atomic E-state index is 11.3. The zero-order valence-corrected chi connectivity index (χ0v) is 10.9. The van der Waals surface area contributed by atoms with Gasteiger partial charge in [0.15, 0.2) is 11.5 Å². The van der Waals surface area contributed by atoms with Crippen LogP contribution < -0.4 is 25.3 Å². The van der Waals surface area contributed by atoms with E-state index < -0.39 is 0 Å². The molecule has 3 N–H and O–H groups in total. The van der Waals surface area contributed by atoms with E-state index >= 15 is 0 Å². The summed E-state index contributed by atoms with van der Waals surface area (Å²) < 4.78 is 16.1. The minimum Gasteiger partial charge on any atom is -0.493 e. The Bertz CT molecular complexity index is 462. The van der Waals surface area contributed by atoms with Crippen LogP contribution in [0.3, 0.4) is 0 Å². The molecule has 6 heteroatoms. The van der Waals surface area contributed by atoms with Crippen molar-refractivity contribution in [3.63, 3.8) is 0 Å². The van der Waals surface area contributed by atoms with Gasteiger partial charge in [-0.15, -0.1) is 0 Å². The molecule has 0 bridgehead atoms. The third-order valence-electron chi connectivity index (χ3n) is 2.74. The van der Waals surface area contributed by atoms with E-state index in [4.69, 9.17) is 19.9 Å². The summed E-state index contributed by atoms with van der Waals surface area (Å²) in [5.74, 6) is 1.93. The summed E-state index contributed by atoms with van der Waals surface area (Å²) in [6, 6.07) is 3.56. The summed E-state index contributed by atoms with van der Waals surface area (Å²) >= 11 is 0. The molecule has 0 fully saturated rings. The molecule has 104 valence electrons. The molecular weight excluding hydrogens is 248 g/mol. The third-order valence-corrected chi connectivity index (χ3v) is 2.74. The normalized spacial score (nSPS) is 12.3.